The van der Waals surface area contributed by atoms with Gasteiger partial charge in [-0.2, -0.15) is 9.97 Å². The molecule has 13 aromatic rings. The van der Waals surface area contributed by atoms with E-state index < -0.39 is 0 Å². The zero-order valence-electron chi connectivity index (χ0n) is 38.9. The van der Waals surface area contributed by atoms with E-state index in [4.69, 9.17) is 29.9 Å². The van der Waals surface area contributed by atoms with Crippen LogP contribution < -0.4 is 0 Å². The van der Waals surface area contributed by atoms with Crippen molar-refractivity contribution in [2.24, 2.45) is 0 Å². The number of rotatable bonds is 7. The van der Waals surface area contributed by atoms with Gasteiger partial charge in [-0.3, -0.25) is 4.57 Å². The second-order valence-corrected chi connectivity index (χ2v) is 18.7. The lowest BCUT2D eigenvalue weighted by molar-refractivity contribution is 0.660. The third-order valence-corrected chi connectivity index (χ3v) is 14.2. The first-order valence-corrected chi connectivity index (χ1v) is 24.0. The SMILES string of the molecule is CC1(C)c2ccccc2-c2ccc(-c3nc(-c4ccccc4)nc(-n4c5ccccc5c5ccc6c7ccccc7n(-c7cccc(-c8nc(-c9ccccc9)nc(-c9ccccc9)n8)c7)c6c54)n3)cc21. The van der Waals surface area contributed by atoms with Crippen molar-refractivity contribution in [3.8, 4) is 79.7 Å². The molecule has 0 saturated carbocycles. The summed E-state index contributed by atoms with van der Waals surface area (Å²) in [4.78, 5) is 31.4. The average molecular weight is 911 g/mol. The van der Waals surface area contributed by atoms with Crippen LogP contribution in [0, 0.1) is 0 Å². The molecule has 0 spiro atoms. The topological polar surface area (TPSA) is 87.2 Å². The predicted molar refractivity (Wildman–Crippen MR) is 287 cm³/mol. The Hall–Kier alpha value is -9.40. The summed E-state index contributed by atoms with van der Waals surface area (Å²) < 4.78 is 4.63. The first-order chi connectivity index (χ1) is 35.0. The standard InChI is InChI=1S/C63H42N8/c1-63(2)51-30-15-12-27-45(51)46-34-33-43(38-52(46)63)61-67-59(41-23-10-5-11-24-41)68-62(69-61)71-54-32-17-14-29-48(54)50-36-35-49-47-28-13-16-31-53(47)70(55(49)56(50)71)44-26-18-25-42(37-44)60-65-57(39-19-6-3-7-20-39)64-58(66-60)40-21-8-4-9-22-40/h3-38H,1-2H3. The highest BCUT2D eigenvalue weighted by atomic mass is 15.2. The van der Waals surface area contributed by atoms with E-state index in [1.807, 2.05) is 78.9 Å². The molecule has 0 N–H and O–H groups in total. The number of hydrogen-bond acceptors (Lipinski definition) is 6. The number of fused-ring (bicyclic) bond motifs is 10. The van der Waals surface area contributed by atoms with Crippen molar-refractivity contribution in [1.82, 2.24) is 39.0 Å². The van der Waals surface area contributed by atoms with Crippen LogP contribution in [0.2, 0.25) is 0 Å². The predicted octanol–water partition coefficient (Wildman–Crippen LogP) is 14.9. The highest BCUT2D eigenvalue weighted by Crippen LogP contribution is 2.50. The van der Waals surface area contributed by atoms with Crippen molar-refractivity contribution < 1.29 is 0 Å². The maximum atomic E-state index is 5.49. The molecule has 0 bridgehead atoms. The minimum atomic E-state index is -0.193. The molecular formula is C63H42N8. The van der Waals surface area contributed by atoms with Crippen LogP contribution in [0.25, 0.3) is 123 Å². The Morgan fingerprint density at radius 2 is 0.746 bits per heavy atom. The van der Waals surface area contributed by atoms with Gasteiger partial charge in [-0.1, -0.05) is 202 Å². The smallest absolute Gasteiger partial charge is 0.238 e. The van der Waals surface area contributed by atoms with E-state index in [9.17, 15) is 0 Å². The van der Waals surface area contributed by atoms with Crippen molar-refractivity contribution in [3.63, 3.8) is 0 Å². The van der Waals surface area contributed by atoms with E-state index >= 15 is 0 Å². The zero-order chi connectivity index (χ0) is 47.2. The number of benzene rings is 9. The van der Waals surface area contributed by atoms with Crippen molar-refractivity contribution >= 4 is 43.6 Å². The largest absolute Gasteiger partial charge is 0.307 e. The van der Waals surface area contributed by atoms with Crippen molar-refractivity contribution in [2.75, 3.05) is 0 Å². The molecule has 0 unspecified atom stereocenters. The third kappa shape index (κ3) is 6.45. The first-order valence-electron chi connectivity index (χ1n) is 24.0. The molecule has 8 nitrogen and oxygen atoms in total. The Bertz CT molecular complexity index is 4190. The number of hydrogen-bond donors (Lipinski definition) is 0. The lowest BCUT2D eigenvalue weighted by Gasteiger charge is -2.21. The Balaban J connectivity index is 1.02. The maximum Gasteiger partial charge on any atom is 0.238 e. The summed E-state index contributed by atoms with van der Waals surface area (Å²) in [6, 6.07) is 76.1. The van der Waals surface area contributed by atoms with E-state index in [0.29, 0.717) is 35.1 Å². The second kappa shape index (κ2) is 15.8. The van der Waals surface area contributed by atoms with Gasteiger partial charge in [-0.15, -0.1) is 0 Å². The maximum absolute atomic E-state index is 5.49. The average Bonchev–Trinajstić information content (AvgIpc) is 4.04. The van der Waals surface area contributed by atoms with Gasteiger partial charge >= 0.3 is 0 Å². The molecule has 1 aliphatic carbocycles. The monoisotopic (exact) mass is 910 g/mol. The highest BCUT2D eigenvalue weighted by Gasteiger charge is 2.35. The Morgan fingerprint density at radius 3 is 1.35 bits per heavy atom. The number of nitrogens with zero attached hydrogens (tertiary/aromatic N) is 8. The molecule has 14 rings (SSSR count). The summed E-state index contributed by atoms with van der Waals surface area (Å²) in [6.45, 7) is 4.61. The molecule has 0 amide bonds. The second-order valence-electron chi connectivity index (χ2n) is 18.7. The third-order valence-electron chi connectivity index (χ3n) is 14.2. The summed E-state index contributed by atoms with van der Waals surface area (Å²) in [6.07, 6.45) is 0. The number of para-hydroxylation sites is 2. The van der Waals surface area contributed by atoms with Gasteiger partial charge in [-0.05, 0) is 52.6 Å². The summed E-state index contributed by atoms with van der Waals surface area (Å²) in [5, 5.41) is 4.43. The number of aromatic nitrogens is 8. The summed E-state index contributed by atoms with van der Waals surface area (Å²) in [7, 11) is 0. The van der Waals surface area contributed by atoms with Crippen molar-refractivity contribution in [3.05, 3.63) is 230 Å². The van der Waals surface area contributed by atoms with Crippen molar-refractivity contribution in [1.29, 1.82) is 0 Å². The highest BCUT2D eigenvalue weighted by molar-refractivity contribution is 6.23. The van der Waals surface area contributed by atoms with E-state index in [1.165, 1.54) is 22.3 Å². The molecule has 0 atom stereocenters. The zero-order valence-corrected chi connectivity index (χ0v) is 38.9. The molecule has 8 heteroatoms. The first kappa shape index (κ1) is 40.6. The van der Waals surface area contributed by atoms with Gasteiger partial charge in [-0.25, -0.2) is 19.9 Å². The van der Waals surface area contributed by atoms with Crippen LogP contribution in [0.4, 0.5) is 0 Å². The molecule has 0 radical (unpaired) electrons. The minimum absolute atomic E-state index is 0.193. The summed E-state index contributed by atoms with van der Waals surface area (Å²) in [5.74, 6) is 3.56. The molecule has 71 heavy (non-hydrogen) atoms. The van der Waals surface area contributed by atoms with Crippen LogP contribution in [-0.2, 0) is 5.41 Å². The van der Waals surface area contributed by atoms with Crippen LogP contribution in [0.1, 0.15) is 25.0 Å². The van der Waals surface area contributed by atoms with Gasteiger partial charge in [0.25, 0.3) is 0 Å². The van der Waals surface area contributed by atoms with E-state index in [-0.39, 0.29) is 5.41 Å². The minimum Gasteiger partial charge on any atom is -0.307 e. The lowest BCUT2D eigenvalue weighted by atomic mass is 9.82. The van der Waals surface area contributed by atoms with E-state index in [0.717, 1.165) is 77.1 Å². The van der Waals surface area contributed by atoms with Crippen LogP contribution >= 0.6 is 0 Å². The summed E-state index contributed by atoms with van der Waals surface area (Å²) >= 11 is 0. The Labute approximate surface area is 409 Å². The van der Waals surface area contributed by atoms with Gasteiger partial charge in [0, 0.05) is 60.5 Å². The van der Waals surface area contributed by atoms with Gasteiger partial charge < -0.3 is 4.57 Å². The Kier molecular flexibility index (Phi) is 9.06. The quantitative estimate of drug-likeness (QED) is 0.158. The molecule has 0 fully saturated rings. The molecule has 0 aliphatic heterocycles. The van der Waals surface area contributed by atoms with Gasteiger partial charge in [0.15, 0.2) is 29.1 Å². The van der Waals surface area contributed by atoms with Gasteiger partial charge in [0.05, 0.1) is 22.1 Å². The lowest BCUT2D eigenvalue weighted by Crippen LogP contribution is -2.15. The molecule has 4 heterocycles. The van der Waals surface area contributed by atoms with Crippen molar-refractivity contribution in [2.45, 2.75) is 19.3 Å². The summed E-state index contributed by atoms with van der Waals surface area (Å²) in [5.41, 5.74) is 14.5. The normalized spacial score (nSPS) is 12.8. The molecule has 9 aromatic carbocycles. The van der Waals surface area contributed by atoms with Crippen LogP contribution in [0.3, 0.4) is 0 Å². The molecule has 1 aliphatic rings. The van der Waals surface area contributed by atoms with Crippen LogP contribution in [0.15, 0.2) is 218 Å². The van der Waals surface area contributed by atoms with Crippen LogP contribution in [0.5, 0.6) is 0 Å². The molecule has 4 aromatic heterocycles. The molecular weight excluding hydrogens is 869 g/mol. The fraction of sp³-hybridized carbons (Fsp3) is 0.0476. The van der Waals surface area contributed by atoms with Gasteiger partial charge in [0.2, 0.25) is 5.95 Å². The van der Waals surface area contributed by atoms with E-state index in [1.54, 1.807) is 0 Å². The Morgan fingerprint density at radius 1 is 0.310 bits per heavy atom. The van der Waals surface area contributed by atoms with E-state index in [2.05, 4.69) is 163 Å². The molecule has 334 valence electrons. The fourth-order valence-corrected chi connectivity index (χ4v) is 10.9. The van der Waals surface area contributed by atoms with Gasteiger partial charge in [0.1, 0.15) is 0 Å². The molecule has 0 saturated heterocycles. The van der Waals surface area contributed by atoms with Crippen LogP contribution in [-0.4, -0.2) is 39.0 Å². The fourth-order valence-electron chi connectivity index (χ4n) is 10.9.